The monoisotopic (exact) mass is 1080 g/mol. The Morgan fingerprint density at radius 2 is 1.00 bits per heavy atom. The van der Waals surface area contributed by atoms with E-state index in [1.54, 1.807) is 71.9 Å². The number of amides is 10. The lowest BCUT2D eigenvalue weighted by molar-refractivity contribution is -0.149. The van der Waals surface area contributed by atoms with Gasteiger partial charge in [0.2, 0.25) is 59.1 Å². The zero-order valence-electron chi connectivity index (χ0n) is 45.4. The minimum absolute atomic E-state index is 0.0256. The smallest absolute Gasteiger partial charge is 0.326 e. The van der Waals surface area contributed by atoms with Crippen LogP contribution in [0, 0.1) is 17.8 Å². The lowest BCUT2D eigenvalue weighted by atomic mass is 9.97. The molecule has 77 heavy (non-hydrogen) atoms. The van der Waals surface area contributed by atoms with Crippen molar-refractivity contribution in [3.8, 4) is 0 Å². The number of carbonyl (C=O) groups excluding carboxylic acids is 10. The molecule has 10 amide bonds. The lowest BCUT2D eigenvalue weighted by Crippen LogP contribution is -2.62. The van der Waals surface area contributed by atoms with Gasteiger partial charge in [0.15, 0.2) is 0 Å². The lowest BCUT2D eigenvalue weighted by Gasteiger charge is -2.35. The van der Waals surface area contributed by atoms with Crippen LogP contribution in [0.25, 0.3) is 0 Å². The molecule has 1 aromatic carbocycles. The Kier molecular flexibility index (Phi) is 23.3. The van der Waals surface area contributed by atoms with Crippen LogP contribution in [0.2, 0.25) is 0 Å². The van der Waals surface area contributed by atoms with E-state index in [9.17, 15) is 68.1 Å². The molecule has 3 aliphatic heterocycles. The summed E-state index contributed by atoms with van der Waals surface area (Å²) < 4.78 is 0. The van der Waals surface area contributed by atoms with E-state index in [1.807, 2.05) is 0 Å². The van der Waals surface area contributed by atoms with E-state index in [0.29, 0.717) is 37.7 Å². The Labute approximate surface area is 449 Å². The minimum atomic E-state index is -1.65. The van der Waals surface area contributed by atoms with Gasteiger partial charge in [-0.3, -0.25) is 47.9 Å². The van der Waals surface area contributed by atoms with E-state index in [-0.39, 0.29) is 45.3 Å². The van der Waals surface area contributed by atoms with Crippen LogP contribution in [-0.4, -0.2) is 187 Å². The zero-order valence-corrected chi connectivity index (χ0v) is 45.4. The van der Waals surface area contributed by atoms with Gasteiger partial charge in [-0.15, -0.1) is 0 Å². The first-order chi connectivity index (χ1) is 36.2. The van der Waals surface area contributed by atoms with Gasteiger partial charge in [-0.25, -0.2) is 4.79 Å². The number of aliphatic carboxylic acids is 1. The fourth-order valence-corrected chi connectivity index (χ4v) is 9.76. The average molecular weight is 1080 g/mol. The van der Waals surface area contributed by atoms with Crippen molar-refractivity contribution < 1.29 is 68.1 Å². The number of nitrogens with two attached hydrogens (primary N) is 2. The third kappa shape index (κ3) is 16.9. The summed E-state index contributed by atoms with van der Waals surface area (Å²) in [4.78, 5) is 153. The molecule has 25 heteroatoms. The summed E-state index contributed by atoms with van der Waals surface area (Å²) in [5.74, 6) is -10.2. The normalized spacial score (nSPS) is 21.0. The molecule has 428 valence electrons. The number of carboxylic acids is 1. The predicted molar refractivity (Wildman–Crippen MR) is 278 cm³/mol. The summed E-state index contributed by atoms with van der Waals surface area (Å²) in [6.07, 6.45) is -1.47. The van der Waals surface area contributed by atoms with Crippen LogP contribution >= 0.6 is 0 Å². The number of carboxylic acid groups (broad SMARTS) is 1. The molecule has 0 aromatic heterocycles. The predicted octanol–water partition coefficient (Wildman–Crippen LogP) is -2.48. The summed E-state index contributed by atoms with van der Waals surface area (Å²) in [5.41, 5.74) is 11.7. The van der Waals surface area contributed by atoms with Gasteiger partial charge in [0.05, 0.1) is 12.2 Å². The molecule has 3 aliphatic rings. The molecular formula is C52H81N11O14. The number of carbonyl (C=O) groups is 11. The van der Waals surface area contributed by atoms with E-state index in [0.717, 1.165) is 4.90 Å². The fourth-order valence-electron chi connectivity index (χ4n) is 9.76. The van der Waals surface area contributed by atoms with Crippen LogP contribution in [0.4, 0.5) is 0 Å². The third-order valence-electron chi connectivity index (χ3n) is 14.3. The van der Waals surface area contributed by atoms with Crippen LogP contribution in [0.1, 0.15) is 112 Å². The van der Waals surface area contributed by atoms with Gasteiger partial charge in [-0.1, -0.05) is 71.9 Å². The number of hydrogen-bond donors (Lipinski definition) is 11. The van der Waals surface area contributed by atoms with Gasteiger partial charge in [-0.2, -0.15) is 0 Å². The van der Waals surface area contributed by atoms with Crippen molar-refractivity contribution in [2.45, 2.75) is 186 Å². The van der Waals surface area contributed by atoms with Gasteiger partial charge in [-0.05, 0) is 82.1 Å². The molecule has 13 N–H and O–H groups in total. The molecule has 25 nitrogen and oxygen atoms in total. The Balaban J connectivity index is 1.43. The highest BCUT2D eigenvalue weighted by molar-refractivity contribution is 5.99. The van der Waals surface area contributed by atoms with Crippen LogP contribution < -0.4 is 43.4 Å². The molecular weight excluding hydrogens is 1000 g/mol. The first-order valence-electron chi connectivity index (χ1n) is 26.6. The highest BCUT2D eigenvalue weighted by Crippen LogP contribution is 2.27. The maximum atomic E-state index is 14.4. The van der Waals surface area contributed by atoms with Crippen molar-refractivity contribution in [1.29, 1.82) is 0 Å². The number of likely N-dealkylation sites (tertiary alicyclic amines) is 3. The molecule has 3 heterocycles. The van der Waals surface area contributed by atoms with E-state index in [2.05, 4.69) is 31.9 Å². The van der Waals surface area contributed by atoms with E-state index in [4.69, 9.17) is 11.5 Å². The molecule has 12 atom stereocenters. The molecule has 3 fully saturated rings. The summed E-state index contributed by atoms with van der Waals surface area (Å²) >= 11 is 0. The number of aliphatic hydroxyl groups is 2. The molecule has 0 bridgehead atoms. The van der Waals surface area contributed by atoms with Crippen LogP contribution in [0.3, 0.4) is 0 Å². The Hall–Kier alpha value is -6.73. The number of aliphatic hydroxyl groups excluding tert-OH is 2. The van der Waals surface area contributed by atoms with Crippen molar-refractivity contribution in [2.24, 2.45) is 29.2 Å². The Morgan fingerprint density at radius 1 is 0.545 bits per heavy atom. The number of nitrogens with one attached hydrogen (secondary N) is 6. The molecule has 0 radical (unpaired) electrons. The summed E-state index contributed by atoms with van der Waals surface area (Å²) in [6.45, 7) is 13.0. The van der Waals surface area contributed by atoms with Crippen molar-refractivity contribution in [1.82, 2.24) is 46.6 Å². The first-order valence-corrected chi connectivity index (χ1v) is 26.6. The quantitative estimate of drug-likeness (QED) is 0.0458. The summed E-state index contributed by atoms with van der Waals surface area (Å²) in [5, 5.41) is 46.0. The van der Waals surface area contributed by atoms with Crippen molar-refractivity contribution >= 4 is 65.0 Å². The number of benzene rings is 1. The fraction of sp³-hybridized carbons (Fsp3) is 0.673. The number of hydrogen-bond acceptors (Lipinski definition) is 14. The number of nitrogens with zero attached hydrogens (tertiary/aromatic N) is 3. The first kappa shape index (κ1) is 62.8. The van der Waals surface area contributed by atoms with Gasteiger partial charge in [0.25, 0.3) is 0 Å². The SMILES string of the molecule is CC(C)[C@H](NC(=O)[C@@H](NC(=O)[C@@H]1CCCN1C(=O)[C@@H](NC(=O)[C@H](CCC(N)=O)NC(=O)[C@@H](N)[C@@H](C)O)[C@@H](C)O)C(C)C)C(=O)N[C@H](C(=O)N1CCC[C@H]1C(=O)N1CCC[C@H]1C(=O)N[C@@H](Cc1ccccc1)C(=O)O)C(C)C. The van der Waals surface area contributed by atoms with Crippen LogP contribution in [-0.2, 0) is 59.2 Å². The topological polar surface area (TPSA) is 382 Å². The molecule has 0 spiro atoms. The standard InChI is InChI=1S/C52H81N11O14/c1-26(2)39(57-45(69)35-18-13-23-62(35)51(75)42(30(8)65)60-43(67)32(20-21-37(53)66)55-46(70)38(54)29(7)64)47(71)58-40(27(3)4)48(72)59-41(28(5)6)50(74)63-24-14-19-36(63)49(73)61-22-12-17-34(61)44(68)56-33(52(76)77)25-31-15-10-9-11-16-31/h9-11,15-16,26-30,32-36,38-42,64-65H,12-14,17-25,54H2,1-8H3,(H2,53,66)(H,55,70)(H,56,68)(H,57,69)(H,58,71)(H,59,72)(H,60,67)(H,76,77)/t29-,30-,32+,33+,34+,35+,36+,38+,39+,40+,41+,42+/m1/s1. The Bertz CT molecular complexity index is 2300. The second-order valence-electron chi connectivity index (χ2n) is 21.4. The summed E-state index contributed by atoms with van der Waals surface area (Å²) in [6, 6.07) is -3.71. The highest BCUT2D eigenvalue weighted by atomic mass is 16.4. The van der Waals surface area contributed by atoms with Crippen molar-refractivity contribution in [3.63, 3.8) is 0 Å². The molecule has 0 aliphatic carbocycles. The Morgan fingerprint density at radius 3 is 1.51 bits per heavy atom. The van der Waals surface area contributed by atoms with Gasteiger partial charge < -0.3 is 73.4 Å². The number of rotatable bonds is 26. The van der Waals surface area contributed by atoms with Gasteiger partial charge >= 0.3 is 5.97 Å². The molecule has 1 aromatic rings. The van der Waals surface area contributed by atoms with E-state index in [1.165, 1.54) is 23.6 Å². The van der Waals surface area contributed by atoms with Crippen molar-refractivity contribution in [2.75, 3.05) is 19.6 Å². The third-order valence-corrected chi connectivity index (χ3v) is 14.3. The maximum Gasteiger partial charge on any atom is 0.326 e. The second kappa shape index (κ2) is 28.6. The second-order valence-corrected chi connectivity index (χ2v) is 21.4. The molecule has 0 saturated carbocycles. The average Bonchev–Trinajstić information content (AvgIpc) is 4.18. The minimum Gasteiger partial charge on any atom is -0.480 e. The molecule has 4 rings (SSSR count). The molecule has 0 unspecified atom stereocenters. The van der Waals surface area contributed by atoms with Crippen LogP contribution in [0.5, 0.6) is 0 Å². The molecule has 3 saturated heterocycles. The van der Waals surface area contributed by atoms with Gasteiger partial charge in [0.1, 0.15) is 60.4 Å². The number of primary amides is 1. The van der Waals surface area contributed by atoms with Gasteiger partial charge in [0, 0.05) is 32.5 Å². The summed E-state index contributed by atoms with van der Waals surface area (Å²) in [7, 11) is 0. The zero-order chi connectivity index (χ0) is 57.6. The van der Waals surface area contributed by atoms with E-state index < -0.39 is 155 Å². The largest absolute Gasteiger partial charge is 0.480 e. The highest BCUT2D eigenvalue weighted by Gasteiger charge is 2.46. The van der Waals surface area contributed by atoms with Crippen LogP contribution in [0.15, 0.2) is 30.3 Å². The maximum absolute atomic E-state index is 14.4. The van der Waals surface area contributed by atoms with E-state index >= 15 is 0 Å². The van der Waals surface area contributed by atoms with Crippen molar-refractivity contribution in [3.05, 3.63) is 35.9 Å².